The lowest BCUT2D eigenvalue weighted by atomic mass is 10.0. The molecule has 1 aliphatic heterocycles. The van der Waals surface area contributed by atoms with Crippen molar-refractivity contribution < 1.29 is 14.7 Å². The van der Waals surface area contributed by atoms with Gasteiger partial charge in [0.15, 0.2) is 0 Å². The number of nitrogens with zero attached hydrogens (tertiary/aromatic N) is 2. The van der Waals surface area contributed by atoms with E-state index in [1.807, 2.05) is 11.8 Å². The van der Waals surface area contributed by atoms with Gasteiger partial charge in [0.1, 0.15) is 11.7 Å². The third-order valence-corrected chi connectivity index (χ3v) is 3.43. The fourth-order valence-electron chi connectivity index (χ4n) is 2.47. The highest BCUT2D eigenvalue weighted by molar-refractivity contribution is 5.93. The summed E-state index contributed by atoms with van der Waals surface area (Å²) in [6.07, 6.45) is 4.06. The van der Waals surface area contributed by atoms with Gasteiger partial charge in [-0.3, -0.25) is 9.78 Å². The number of hydrogen-bond donors (Lipinski definition) is 2. The van der Waals surface area contributed by atoms with E-state index in [4.69, 9.17) is 0 Å². The zero-order valence-electron chi connectivity index (χ0n) is 11.5. The van der Waals surface area contributed by atoms with Crippen molar-refractivity contribution in [2.24, 2.45) is 0 Å². The molecule has 2 rings (SSSR count). The number of carboxylic acids is 1. The number of carbonyl (C=O) groups is 2. The van der Waals surface area contributed by atoms with Crippen molar-refractivity contribution in [3.8, 4) is 0 Å². The number of carbonyl (C=O) groups excluding carboxylic acids is 1. The molecule has 2 N–H and O–H groups in total. The molecule has 0 bridgehead atoms. The van der Waals surface area contributed by atoms with Crippen LogP contribution in [0.25, 0.3) is 0 Å². The third-order valence-electron chi connectivity index (χ3n) is 3.43. The first-order valence-corrected chi connectivity index (χ1v) is 6.87. The van der Waals surface area contributed by atoms with Crippen molar-refractivity contribution in [1.82, 2.24) is 10.3 Å². The van der Waals surface area contributed by atoms with E-state index >= 15 is 0 Å². The van der Waals surface area contributed by atoms with Gasteiger partial charge in [-0.05, 0) is 38.3 Å². The van der Waals surface area contributed by atoms with Crippen LogP contribution in [-0.2, 0) is 4.79 Å². The highest BCUT2D eigenvalue weighted by Crippen LogP contribution is 2.25. The van der Waals surface area contributed by atoms with Gasteiger partial charge in [0.2, 0.25) is 0 Å². The average Bonchev–Trinajstić information content (AvgIpc) is 2.47. The number of amides is 1. The van der Waals surface area contributed by atoms with Gasteiger partial charge in [-0.25, -0.2) is 4.79 Å². The van der Waals surface area contributed by atoms with Crippen LogP contribution < -0.4 is 10.2 Å². The minimum Gasteiger partial charge on any atom is -0.480 e. The molecule has 1 aliphatic rings. The Labute approximate surface area is 117 Å². The van der Waals surface area contributed by atoms with Crippen LogP contribution >= 0.6 is 0 Å². The summed E-state index contributed by atoms with van der Waals surface area (Å²) in [5, 5.41) is 12.0. The second-order valence-corrected chi connectivity index (χ2v) is 4.80. The SMILES string of the molecule is CCNC(=O)c1cc(N2CCCCC2C(=O)O)ccn1. The highest BCUT2D eigenvalue weighted by atomic mass is 16.4. The van der Waals surface area contributed by atoms with Crippen LogP contribution in [0.2, 0.25) is 0 Å². The molecule has 6 nitrogen and oxygen atoms in total. The Bertz CT molecular complexity index is 504. The molecule has 0 radical (unpaired) electrons. The van der Waals surface area contributed by atoms with Crippen LogP contribution in [0.3, 0.4) is 0 Å². The molecule has 1 aromatic rings. The van der Waals surface area contributed by atoms with E-state index in [9.17, 15) is 14.7 Å². The second-order valence-electron chi connectivity index (χ2n) is 4.80. The van der Waals surface area contributed by atoms with Gasteiger partial charge in [-0.2, -0.15) is 0 Å². The number of hydrogen-bond acceptors (Lipinski definition) is 4. The third kappa shape index (κ3) is 3.07. The zero-order chi connectivity index (χ0) is 14.5. The number of carboxylic acid groups (broad SMARTS) is 1. The van der Waals surface area contributed by atoms with Crippen molar-refractivity contribution >= 4 is 17.6 Å². The first-order valence-electron chi connectivity index (χ1n) is 6.87. The number of nitrogens with one attached hydrogen (secondary N) is 1. The number of aromatic nitrogens is 1. The van der Waals surface area contributed by atoms with E-state index in [1.54, 1.807) is 18.3 Å². The fraction of sp³-hybridized carbons (Fsp3) is 0.500. The Morgan fingerprint density at radius 3 is 3.00 bits per heavy atom. The molecular weight excluding hydrogens is 258 g/mol. The van der Waals surface area contributed by atoms with Gasteiger partial charge in [-0.1, -0.05) is 0 Å². The Kier molecular flexibility index (Phi) is 4.55. The summed E-state index contributed by atoms with van der Waals surface area (Å²) in [5.41, 5.74) is 1.06. The predicted molar refractivity (Wildman–Crippen MR) is 74.9 cm³/mol. The maximum absolute atomic E-state index is 11.8. The maximum Gasteiger partial charge on any atom is 0.326 e. The lowest BCUT2D eigenvalue weighted by Crippen LogP contribution is -2.44. The summed E-state index contributed by atoms with van der Waals surface area (Å²) in [7, 11) is 0. The van der Waals surface area contributed by atoms with Crippen LogP contribution in [0.4, 0.5) is 5.69 Å². The maximum atomic E-state index is 11.8. The highest BCUT2D eigenvalue weighted by Gasteiger charge is 2.28. The monoisotopic (exact) mass is 277 g/mol. The molecule has 2 heterocycles. The fourth-order valence-corrected chi connectivity index (χ4v) is 2.47. The van der Waals surface area contributed by atoms with Crippen LogP contribution in [0.1, 0.15) is 36.7 Å². The van der Waals surface area contributed by atoms with Crippen molar-refractivity contribution in [3.63, 3.8) is 0 Å². The normalized spacial score (nSPS) is 18.6. The first-order chi connectivity index (χ1) is 9.63. The van der Waals surface area contributed by atoms with E-state index in [1.165, 1.54) is 0 Å². The predicted octanol–water partition coefficient (Wildman–Crippen LogP) is 1.27. The average molecular weight is 277 g/mol. The molecule has 20 heavy (non-hydrogen) atoms. The summed E-state index contributed by atoms with van der Waals surface area (Å²) in [6.45, 7) is 3.06. The Hall–Kier alpha value is -2.11. The molecule has 108 valence electrons. The largest absolute Gasteiger partial charge is 0.480 e. The van der Waals surface area contributed by atoms with Crippen LogP contribution in [0.5, 0.6) is 0 Å². The van der Waals surface area contributed by atoms with Crippen LogP contribution in [0, 0.1) is 0 Å². The molecule has 0 aromatic carbocycles. The molecule has 1 amide bonds. The van der Waals surface area contributed by atoms with Gasteiger partial charge >= 0.3 is 5.97 Å². The smallest absolute Gasteiger partial charge is 0.326 e. The number of rotatable bonds is 4. The molecule has 1 unspecified atom stereocenters. The first kappa shape index (κ1) is 14.3. The van der Waals surface area contributed by atoms with Crippen LogP contribution in [0.15, 0.2) is 18.3 Å². The van der Waals surface area contributed by atoms with Gasteiger partial charge in [0, 0.05) is 25.0 Å². The van der Waals surface area contributed by atoms with Gasteiger partial charge in [0.05, 0.1) is 0 Å². The van der Waals surface area contributed by atoms with Crippen molar-refractivity contribution in [3.05, 3.63) is 24.0 Å². The van der Waals surface area contributed by atoms with Gasteiger partial charge in [0.25, 0.3) is 5.91 Å². The minimum atomic E-state index is -0.818. The molecule has 0 saturated carbocycles. The summed E-state index contributed by atoms with van der Waals surface area (Å²) in [6, 6.07) is 2.89. The number of pyridine rings is 1. The molecular formula is C14H19N3O3. The van der Waals surface area contributed by atoms with E-state index in [0.29, 0.717) is 25.2 Å². The number of piperidine rings is 1. The van der Waals surface area contributed by atoms with E-state index < -0.39 is 12.0 Å². The summed E-state index contributed by atoms with van der Waals surface area (Å²) in [4.78, 5) is 29.0. The lowest BCUT2D eigenvalue weighted by Gasteiger charge is -2.34. The van der Waals surface area contributed by atoms with Crippen molar-refractivity contribution in [2.75, 3.05) is 18.0 Å². The van der Waals surface area contributed by atoms with E-state index in [-0.39, 0.29) is 5.91 Å². The van der Waals surface area contributed by atoms with Crippen molar-refractivity contribution in [2.45, 2.75) is 32.2 Å². The van der Waals surface area contributed by atoms with Gasteiger partial charge < -0.3 is 15.3 Å². The Balaban J connectivity index is 2.24. The zero-order valence-corrected chi connectivity index (χ0v) is 11.5. The van der Waals surface area contributed by atoms with E-state index in [0.717, 1.165) is 18.5 Å². The standard InChI is InChI=1S/C14H19N3O3/c1-2-15-13(18)11-9-10(6-7-16-11)17-8-4-3-5-12(17)14(19)20/h6-7,9,12H,2-5,8H2,1H3,(H,15,18)(H,19,20). The lowest BCUT2D eigenvalue weighted by molar-refractivity contribution is -0.139. The van der Waals surface area contributed by atoms with Gasteiger partial charge in [-0.15, -0.1) is 0 Å². The second kappa shape index (κ2) is 6.36. The Morgan fingerprint density at radius 1 is 1.50 bits per heavy atom. The van der Waals surface area contributed by atoms with E-state index in [2.05, 4.69) is 10.3 Å². The minimum absolute atomic E-state index is 0.238. The molecule has 1 fully saturated rings. The molecule has 1 atom stereocenters. The van der Waals surface area contributed by atoms with Crippen LogP contribution in [-0.4, -0.2) is 41.1 Å². The van der Waals surface area contributed by atoms with Crippen molar-refractivity contribution in [1.29, 1.82) is 0 Å². The summed E-state index contributed by atoms with van der Waals surface area (Å²) >= 11 is 0. The summed E-state index contributed by atoms with van der Waals surface area (Å²) < 4.78 is 0. The number of anilines is 1. The summed E-state index contributed by atoms with van der Waals surface area (Å²) in [5.74, 6) is -1.06. The molecule has 1 aromatic heterocycles. The Morgan fingerprint density at radius 2 is 2.30 bits per heavy atom. The number of aliphatic carboxylic acids is 1. The molecule has 0 spiro atoms. The topological polar surface area (TPSA) is 82.5 Å². The molecule has 1 saturated heterocycles. The quantitative estimate of drug-likeness (QED) is 0.866. The molecule has 0 aliphatic carbocycles. The molecule has 6 heteroatoms.